The van der Waals surface area contributed by atoms with Crippen molar-refractivity contribution in [2.24, 2.45) is 5.73 Å². The molecule has 0 aliphatic rings. The average molecular weight is 287 g/mol. The summed E-state index contributed by atoms with van der Waals surface area (Å²) in [4.78, 5) is 0. The molecule has 112 valence electrons. The minimum absolute atomic E-state index is 0.236. The summed E-state index contributed by atoms with van der Waals surface area (Å²) < 4.78 is 18.9. The molecule has 2 nitrogen and oxygen atoms in total. The molecule has 0 saturated carbocycles. The van der Waals surface area contributed by atoms with Crippen LogP contribution in [-0.2, 0) is 0 Å². The van der Waals surface area contributed by atoms with Crippen LogP contribution in [0.15, 0.2) is 24.3 Å². The summed E-state index contributed by atoms with van der Waals surface area (Å²) in [5, 5.41) is 0. The molecule has 0 radical (unpaired) electrons. The number of rotatable bonds is 3. The van der Waals surface area contributed by atoms with Gasteiger partial charge in [-0.25, -0.2) is 4.39 Å². The molecule has 2 rings (SSSR count). The fourth-order valence-electron chi connectivity index (χ4n) is 2.76. The van der Waals surface area contributed by atoms with Gasteiger partial charge in [-0.1, -0.05) is 12.1 Å². The van der Waals surface area contributed by atoms with Crippen LogP contribution < -0.4 is 10.5 Å². The summed E-state index contributed by atoms with van der Waals surface area (Å²) >= 11 is 0. The smallest absolute Gasteiger partial charge is 0.165 e. The van der Waals surface area contributed by atoms with Crippen molar-refractivity contribution in [2.45, 2.75) is 33.7 Å². The van der Waals surface area contributed by atoms with Crippen molar-refractivity contribution < 1.29 is 9.13 Å². The van der Waals surface area contributed by atoms with E-state index in [1.54, 1.807) is 6.07 Å². The predicted molar refractivity (Wildman–Crippen MR) is 84.4 cm³/mol. The van der Waals surface area contributed by atoms with Crippen molar-refractivity contribution in [3.63, 3.8) is 0 Å². The van der Waals surface area contributed by atoms with E-state index in [0.717, 1.165) is 11.1 Å². The van der Waals surface area contributed by atoms with E-state index in [9.17, 15) is 4.39 Å². The molecule has 2 aromatic carbocycles. The molecule has 0 saturated heterocycles. The van der Waals surface area contributed by atoms with E-state index >= 15 is 0 Å². The van der Waals surface area contributed by atoms with Gasteiger partial charge in [-0.2, -0.15) is 0 Å². The molecule has 0 aliphatic carbocycles. The Morgan fingerprint density at radius 1 is 1.00 bits per heavy atom. The number of nitrogens with two attached hydrogens (primary N) is 1. The highest BCUT2D eigenvalue weighted by Crippen LogP contribution is 2.31. The van der Waals surface area contributed by atoms with Crippen molar-refractivity contribution in [1.29, 1.82) is 0 Å². The van der Waals surface area contributed by atoms with Gasteiger partial charge in [0.1, 0.15) is 0 Å². The van der Waals surface area contributed by atoms with Crippen LogP contribution in [-0.4, -0.2) is 7.11 Å². The van der Waals surface area contributed by atoms with Crippen molar-refractivity contribution in [3.8, 4) is 5.75 Å². The van der Waals surface area contributed by atoms with Gasteiger partial charge in [0.05, 0.1) is 13.2 Å². The second-order valence-corrected chi connectivity index (χ2v) is 5.55. The van der Waals surface area contributed by atoms with Gasteiger partial charge in [0, 0.05) is 0 Å². The first kappa shape index (κ1) is 15.5. The normalized spacial score (nSPS) is 12.3. The Morgan fingerprint density at radius 2 is 1.57 bits per heavy atom. The molecule has 0 spiro atoms. The third-order valence-corrected chi connectivity index (χ3v) is 4.27. The number of ether oxygens (including phenoxy) is 1. The van der Waals surface area contributed by atoms with E-state index in [1.165, 1.54) is 35.4 Å². The number of halogens is 1. The molecule has 2 aromatic rings. The van der Waals surface area contributed by atoms with Gasteiger partial charge in [0.25, 0.3) is 0 Å². The Hall–Kier alpha value is -1.87. The first-order valence-electron chi connectivity index (χ1n) is 7.03. The van der Waals surface area contributed by atoms with Gasteiger partial charge >= 0.3 is 0 Å². The maximum Gasteiger partial charge on any atom is 0.165 e. The van der Waals surface area contributed by atoms with Crippen molar-refractivity contribution in [1.82, 2.24) is 0 Å². The quantitative estimate of drug-likeness (QED) is 0.921. The fourth-order valence-corrected chi connectivity index (χ4v) is 2.76. The summed E-state index contributed by atoms with van der Waals surface area (Å²) in [6, 6.07) is 6.72. The Bertz CT molecular complexity index is 653. The zero-order valence-electron chi connectivity index (χ0n) is 13.3. The van der Waals surface area contributed by atoms with Crippen LogP contribution in [0, 0.1) is 33.5 Å². The number of methoxy groups -OCH3 is 1. The standard InChI is InChI=1S/C18H22FNO/c1-10-8-11(2)13(4)17(12(10)3)18(20)14-6-7-16(21-5)15(19)9-14/h6-9,18H,20H2,1-5H3. The van der Waals surface area contributed by atoms with Crippen molar-refractivity contribution in [2.75, 3.05) is 7.11 Å². The van der Waals surface area contributed by atoms with E-state index in [4.69, 9.17) is 10.5 Å². The number of benzene rings is 2. The second-order valence-electron chi connectivity index (χ2n) is 5.55. The van der Waals surface area contributed by atoms with Crippen LogP contribution in [0.4, 0.5) is 4.39 Å². The van der Waals surface area contributed by atoms with Gasteiger partial charge in [-0.3, -0.25) is 0 Å². The Labute approximate surface area is 125 Å². The number of hydrogen-bond acceptors (Lipinski definition) is 2. The van der Waals surface area contributed by atoms with Gasteiger partial charge in [-0.15, -0.1) is 0 Å². The summed E-state index contributed by atoms with van der Waals surface area (Å²) in [7, 11) is 1.45. The first-order chi connectivity index (χ1) is 9.86. The molecule has 0 bridgehead atoms. The molecule has 0 aliphatic heterocycles. The average Bonchev–Trinajstić information content (AvgIpc) is 2.45. The highest BCUT2D eigenvalue weighted by Gasteiger charge is 2.18. The molecule has 0 amide bonds. The Morgan fingerprint density at radius 3 is 2.05 bits per heavy atom. The molecule has 0 heterocycles. The lowest BCUT2D eigenvalue weighted by atomic mass is 9.87. The molecule has 0 fully saturated rings. The molecule has 1 atom stereocenters. The highest BCUT2D eigenvalue weighted by molar-refractivity contribution is 5.49. The zero-order chi connectivity index (χ0) is 15.7. The van der Waals surface area contributed by atoms with Crippen molar-refractivity contribution in [3.05, 3.63) is 63.5 Å². The van der Waals surface area contributed by atoms with Crippen LogP contribution in [0.5, 0.6) is 5.75 Å². The SMILES string of the molecule is COc1ccc(C(N)c2c(C)c(C)cc(C)c2C)cc1F. The van der Waals surface area contributed by atoms with Crippen LogP contribution in [0.25, 0.3) is 0 Å². The minimum atomic E-state index is -0.384. The topological polar surface area (TPSA) is 35.2 Å². The van der Waals surface area contributed by atoms with Crippen LogP contribution in [0.3, 0.4) is 0 Å². The second kappa shape index (κ2) is 5.86. The summed E-state index contributed by atoms with van der Waals surface area (Å²) in [5.74, 6) is -0.148. The lowest BCUT2D eigenvalue weighted by Crippen LogP contribution is -2.16. The number of hydrogen-bond donors (Lipinski definition) is 1. The van der Waals surface area contributed by atoms with Crippen LogP contribution in [0.1, 0.15) is 39.4 Å². The molecular formula is C18H22FNO. The van der Waals surface area contributed by atoms with Crippen LogP contribution >= 0.6 is 0 Å². The van der Waals surface area contributed by atoms with Crippen LogP contribution in [0.2, 0.25) is 0 Å². The van der Waals surface area contributed by atoms with E-state index in [0.29, 0.717) is 0 Å². The van der Waals surface area contributed by atoms with E-state index in [1.807, 2.05) is 6.07 Å². The van der Waals surface area contributed by atoms with Gasteiger partial charge in [-0.05, 0) is 73.2 Å². The maximum absolute atomic E-state index is 13.9. The predicted octanol–water partition coefficient (Wildman–Crippen LogP) is 4.12. The molecule has 1 unspecified atom stereocenters. The van der Waals surface area contributed by atoms with Gasteiger partial charge in [0.2, 0.25) is 0 Å². The lowest BCUT2D eigenvalue weighted by molar-refractivity contribution is 0.386. The largest absolute Gasteiger partial charge is 0.494 e. The molecule has 21 heavy (non-hydrogen) atoms. The fraction of sp³-hybridized carbons (Fsp3) is 0.333. The van der Waals surface area contributed by atoms with Gasteiger partial charge < -0.3 is 10.5 Å². The van der Waals surface area contributed by atoms with E-state index in [2.05, 4.69) is 33.8 Å². The third kappa shape index (κ3) is 2.79. The first-order valence-corrected chi connectivity index (χ1v) is 7.03. The zero-order valence-corrected chi connectivity index (χ0v) is 13.3. The van der Waals surface area contributed by atoms with Crippen molar-refractivity contribution >= 4 is 0 Å². The third-order valence-electron chi connectivity index (χ3n) is 4.27. The van der Waals surface area contributed by atoms with E-state index < -0.39 is 0 Å². The number of aryl methyl sites for hydroxylation is 2. The molecular weight excluding hydrogens is 265 g/mol. The Balaban J connectivity index is 2.55. The molecule has 0 aromatic heterocycles. The lowest BCUT2D eigenvalue weighted by Gasteiger charge is -2.21. The summed E-state index contributed by atoms with van der Waals surface area (Å²) in [6.07, 6.45) is 0. The monoisotopic (exact) mass is 287 g/mol. The Kier molecular flexibility index (Phi) is 4.33. The molecule has 2 N–H and O–H groups in total. The summed E-state index contributed by atoms with van der Waals surface area (Å²) in [5.41, 5.74) is 13.0. The minimum Gasteiger partial charge on any atom is -0.494 e. The maximum atomic E-state index is 13.9. The summed E-state index contributed by atoms with van der Waals surface area (Å²) in [6.45, 7) is 8.28. The molecule has 3 heteroatoms. The van der Waals surface area contributed by atoms with Gasteiger partial charge in [0.15, 0.2) is 11.6 Å². The van der Waals surface area contributed by atoms with E-state index in [-0.39, 0.29) is 17.6 Å². The highest BCUT2D eigenvalue weighted by atomic mass is 19.1.